The first-order valence-electron chi connectivity index (χ1n) is 10.0. The van der Waals surface area contributed by atoms with Crippen LogP contribution in [0.15, 0.2) is 41.3 Å². The van der Waals surface area contributed by atoms with Gasteiger partial charge in [-0.2, -0.15) is 0 Å². The highest BCUT2D eigenvalue weighted by molar-refractivity contribution is 7.92. The summed E-state index contributed by atoms with van der Waals surface area (Å²) in [6.07, 6.45) is 4.93. The molecule has 1 fully saturated rings. The Bertz CT molecular complexity index is 1040. The number of carbonyl (C=O) groups is 1. The van der Waals surface area contributed by atoms with Gasteiger partial charge in [-0.15, -0.1) is 0 Å². The number of sulfonamides is 1. The fraction of sp³-hybridized carbons (Fsp3) is 0.409. The van der Waals surface area contributed by atoms with Gasteiger partial charge in [-0.1, -0.05) is 18.9 Å². The van der Waals surface area contributed by atoms with E-state index in [-0.39, 0.29) is 16.7 Å². The van der Waals surface area contributed by atoms with Crippen LogP contribution in [0.3, 0.4) is 0 Å². The van der Waals surface area contributed by atoms with Crippen LogP contribution in [0, 0.1) is 12.8 Å². The van der Waals surface area contributed by atoms with Gasteiger partial charge in [-0.05, 0) is 67.6 Å². The van der Waals surface area contributed by atoms with E-state index in [2.05, 4.69) is 4.72 Å². The highest BCUT2D eigenvalue weighted by Gasteiger charge is 2.32. The molecule has 1 saturated carbocycles. The number of fused-ring (bicyclic) bond motifs is 1. The molecule has 2 aliphatic rings. The van der Waals surface area contributed by atoms with E-state index in [1.807, 2.05) is 30.0 Å². The van der Waals surface area contributed by atoms with E-state index in [0.29, 0.717) is 18.0 Å². The van der Waals surface area contributed by atoms with Crippen LogP contribution in [0.4, 0.5) is 11.4 Å². The number of hydrogen-bond acceptors (Lipinski definition) is 4. The molecular formula is C22H26N2O4S. The molecule has 1 N–H and O–H groups in total. The first kappa shape index (κ1) is 19.8. The molecule has 6 nitrogen and oxygen atoms in total. The van der Waals surface area contributed by atoms with Crippen molar-refractivity contribution in [2.75, 3.05) is 23.3 Å². The van der Waals surface area contributed by atoms with E-state index in [0.717, 1.165) is 48.9 Å². The Morgan fingerprint density at radius 2 is 1.90 bits per heavy atom. The standard InChI is InChI=1S/C22H26N2O4S/c1-15-7-10-20(28-2)21(13-15)29(26,27)23-18-8-9-19-17(14-18)11-12-24(19)22(25)16-5-3-4-6-16/h7-10,13-14,16,23H,3-6,11-12H2,1-2H3. The maximum atomic E-state index is 12.9. The van der Waals surface area contributed by atoms with Crippen LogP contribution < -0.4 is 14.4 Å². The molecule has 2 aromatic carbocycles. The second kappa shape index (κ2) is 7.71. The third kappa shape index (κ3) is 3.83. The van der Waals surface area contributed by atoms with E-state index < -0.39 is 10.0 Å². The Labute approximate surface area is 171 Å². The average molecular weight is 415 g/mol. The molecule has 0 aromatic heterocycles. The topological polar surface area (TPSA) is 75.7 Å². The predicted molar refractivity (Wildman–Crippen MR) is 113 cm³/mol. The second-order valence-corrected chi connectivity index (χ2v) is 9.48. The maximum Gasteiger partial charge on any atom is 0.265 e. The van der Waals surface area contributed by atoms with Gasteiger partial charge in [0.25, 0.3) is 10.0 Å². The van der Waals surface area contributed by atoms with Gasteiger partial charge in [0.1, 0.15) is 10.6 Å². The zero-order valence-electron chi connectivity index (χ0n) is 16.8. The van der Waals surface area contributed by atoms with Crippen LogP contribution in [0.5, 0.6) is 5.75 Å². The summed E-state index contributed by atoms with van der Waals surface area (Å²) in [6.45, 7) is 2.50. The van der Waals surface area contributed by atoms with Gasteiger partial charge in [0.15, 0.2) is 0 Å². The van der Waals surface area contributed by atoms with Gasteiger partial charge < -0.3 is 9.64 Å². The maximum absolute atomic E-state index is 12.9. The van der Waals surface area contributed by atoms with E-state index >= 15 is 0 Å². The summed E-state index contributed by atoms with van der Waals surface area (Å²) >= 11 is 0. The Morgan fingerprint density at radius 3 is 2.62 bits per heavy atom. The first-order chi connectivity index (χ1) is 13.9. The number of hydrogen-bond donors (Lipinski definition) is 1. The number of anilines is 2. The van der Waals surface area contributed by atoms with E-state index in [9.17, 15) is 13.2 Å². The molecule has 4 rings (SSSR count). The summed E-state index contributed by atoms with van der Waals surface area (Å²) in [5.74, 6) is 0.643. The van der Waals surface area contributed by atoms with Crippen LogP contribution in [0.25, 0.3) is 0 Å². The summed E-state index contributed by atoms with van der Waals surface area (Å²) < 4.78 is 33.7. The van der Waals surface area contributed by atoms with Gasteiger partial charge in [0.2, 0.25) is 5.91 Å². The third-order valence-electron chi connectivity index (χ3n) is 5.81. The van der Waals surface area contributed by atoms with Gasteiger partial charge >= 0.3 is 0 Å². The molecule has 2 aromatic rings. The molecule has 1 heterocycles. The van der Waals surface area contributed by atoms with Crippen molar-refractivity contribution in [2.45, 2.75) is 43.9 Å². The van der Waals surface area contributed by atoms with Gasteiger partial charge in [0.05, 0.1) is 7.11 Å². The van der Waals surface area contributed by atoms with Crippen molar-refractivity contribution >= 4 is 27.3 Å². The lowest BCUT2D eigenvalue weighted by Gasteiger charge is -2.21. The number of benzene rings is 2. The van der Waals surface area contributed by atoms with Gasteiger partial charge in [-0.3, -0.25) is 9.52 Å². The summed E-state index contributed by atoms with van der Waals surface area (Å²) in [4.78, 5) is 14.8. The van der Waals surface area contributed by atoms with E-state index in [4.69, 9.17) is 4.74 Å². The second-order valence-electron chi connectivity index (χ2n) is 7.82. The lowest BCUT2D eigenvalue weighted by atomic mass is 10.1. The molecule has 29 heavy (non-hydrogen) atoms. The molecule has 1 aliphatic carbocycles. The largest absolute Gasteiger partial charge is 0.495 e. The summed E-state index contributed by atoms with van der Waals surface area (Å²) in [5.41, 5.74) is 3.22. The normalized spacial score (nSPS) is 16.7. The molecule has 154 valence electrons. The zero-order chi connectivity index (χ0) is 20.6. The van der Waals surface area contributed by atoms with Crippen molar-refractivity contribution in [3.05, 3.63) is 47.5 Å². The molecule has 0 spiro atoms. The Balaban J connectivity index is 1.57. The number of aryl methyl sites for hydroxylation is 1. The quantitative estimate of drug-likeness (QED) is 0.806. The summed E-state index contributed by atoms with van der Waals surface area (Å²) in [5, 5.41) is 0. The molecule has 0 saturated heterocycles. The van der Waals surface area contributed by atoms with Crippen molar-refractivity contribution in [1.29, 1.82) is 0 Å². The smallest absolute Gasteiger partial charge is 0.265 e. The lowest BCUT2D eigenvalue weighted by Crippen LogP contribution is -2.33. The molecule has 1 aliphatic heterocycles. The number of carbonyl (C=O) groups excluding carboxylic acids is 1. The Morgan fingerprint density at radius 1 is 1.14 bits per heavy atom. The van der Waals surface area contributed by atoms with Crippen LogP contribution in [0.1, 0.15) is 36.8 Å². The predicted octanol–water partition coefficient (Wildman–Crippen LogP) is 3.88. The molecule has 1 amide bonds. The SMILES string of the molecule is COc1ccc(C)cc1S(=O)(=O)Nc1ccc2c(c1)CCN2C(=O)C1CCCC1. The van der Waals surface area contributed by atoms with Crippen molar-refractivity contribution in [3.63, 3.8) is 0 Å². The fourth-order valence-corrected chi connectivity index (χ4v) is 5.60. The molecule has 0 atom stereocenters. The first-order valence-corrected chi connectivity index (χ1v) is 11.5. The number of methoxy groups -OCH3 is 1. The van der Waals surface area contributed by atoms with Gasteiger partial charge in [-0.25, -0.2) is 8.42 Å². The third-order valence-corrected chi connectivity index (χ3v) is 7.21. The molecule has 7 heteroatoms. The van der Waals surface area contributed by atoms with Crippen molar-refractivity contribution in [3.8, 4) is 5.75 Å². The molecule has 0 bridgehead atoms. The zero-order valence-corrected chi connectivity index (χ0v) is 17.6. The van der Waals surface area contributed by atoms with Crippen molar-refractivity contribution in [2.24, 2.45) is 5.92 Å². The Hall–Kier alpha value is -2.54. The minimum absolute atomic E-state index is 0.110. The Kier molecular flexibility index (Phi) is 5.25. The summed E-state index contributed by atoms with van der Waals surface area (Å²) in [6, 6.07) is 10.5. The lowest BCUT2D eigenvalue weighted by molar-refractivity contribution is -0.122. The number of amides is 1. The van der Waals surface area contributed by atoms with Crippen LogP contribution >= 0.6 is 0 Å². The minimum atomic E-state index is -3.79. The van der Waals surface area contributed by atoms with Crippen LogP contribution in [0.2, 0.25) is 0 Å². The fourth-order valence-electron chi connectivity index (χ4n) is 4.29. The van der Waals surface area contributed by atoms with E-state index in [1.165, 1.54) is 7.11 Å². The van der Waals surface area contributed by atoms with Crippen molar-refractivity contribution in [1.82, 2.24) is 0 Å². The van der Waals surface area contributed by atoms with Crippen LogP contribution in [-0.2, 0) is 21.2 Å². The monoisotopic (exact) mass is 414 g/mol. The van der Waals surface area contributed by atoms with E-state index in [1.54, 1.807) is 18.2 Å². The highest BCUT2D eigenvalue weighted by Crippen LogP contribution is 2.35. The minimum Gasteiger partial charge on any atom is -0.495 e. The molecule has 0 radical (unpaired) electrons. The number of rotatable bonds is 5. The van der Waals surface area contributed by atoms with Crippen molar-refractivity contribution < 1.29 is 17.9 Å². The number of ether oxygens (including phenoxy) is 1. The number of nitrogens with zero attached hydrogens (tertiary/aromatic N) is 1. The molecule has 0 unspecified atom stereocenters. The number of nitrogens with one attached hydrogen (secondary N) is 1. The highest BCUT2D eigenvalue weighted by atomic mass is 32.2. The average Bonchev–Trinajstić information content (AvgIpc) is 3.37. The summed E-state index contributed by atoms with van der Waals surface area (Å²) in [7, 11) is -2.34. The van der Waals surface area contributed by atoms with Crippen LogP contribution in [-0.4, -0.2) is 28.0 Å². The molecular weight excluding hydrogens is 388 g/mol. The van der Waals surface area contributed by atoms with Gasteiger partial charge in [0, 0.05) is 23.8 Å².